The molecule has 2 aromatic heterocycles. The van der Waals surface area contributed by atoms with Gasteiger partial charge in [-0.2, -0.15) is 0 Å². The fourth-order valence-electron chi connectivity index (χ4n) is 1.96. The summed E-state index contributed by atoms with van der Waals surface area (Å²) in [5.74, 6) is 0. The summed E-state index contributed by atoms with van der Waals surface area (Å²) in [5, 5.41) is 1.10. The highest BCUT2D eigenvalue weighted by atomic mass is 35.5. The zero-order chi connectivity index (χ0) is 13.4. The van der Waals surface area contributed by atoms with Crippen LogP contribution in [0.5, 0.6) is 0 Å². The van der Waals surface area contributed by atoms with Crippen LogP contribution in [0.4, 0.5) is 5.69 Å². The number of imidazole rings is 1. The van der Waals surface area contributed by atoms with E-state index in [-0.39, 0.29) is 0 Å². The maximum atomic E-state index is 7.29. The molecule has 0 saturated carbocycles. The van der Waals surface area contributed by atoms with Crippen LogP contribution in [0.1, 0.15) is 0 Å². The summed E-state index contributed by atoms with van der Waals surface area (Å²) in [7, 11) is 0. The summed E-state index contributed by atoms with van der Waals surface area (Å²) in [4.78, 5) is 7.71. The molecule has 92 valence electrons. The molecule has 0 aliphatic rings. The molecule has 0 saturated heterocycles. The molecule has 3 aromatic rings. The van der Waals surface area contributed by atoms with Crippen LogP contribution in [0, 0.1) is 6.57 Å². The first-order valence-corrected chi connectivity index (χ1v) is 6.24. The molecule has 3 rings (SSSR count). The Morgan fingerprint density at radius 1 is 1.16 bits per heavy atom. The van der Waals surface area contributed by atoms with Gasteiger partial charge in [-0.1, -0.05) is 29.3 Å². The maximum absolute atomic E-state index is 7.29. The third-order valence-corrected chi connectivity index (χ3v) is 3.40. The molecule has 0 fully saturated rings. The minimum Gasteiger partial charge on any atom is -0.309 e. The third kappa shape index (κ3) is 2.06. The molecule has 0 bridgehead atoms. The van der Waals surface area contributed by atoms with E-state index in [1.54, 1.807) is 24.4 Å². The highest BCUT2D eigenvalue weighted by Crippen LogP contribution is 2.36. The Balaban J connectivity index is 2.31. The van der Waals surface area contributed by atoms with Gasteiger partial charge in [0.1, 0.15) is 5.65 Å². The van der Waals surface area contributed by atoms with E-state index in [1.165, 1.54) is 0 Å². The molecule has 0 N–H and O–H groups in total. The summed E-state index contributed by atoms with van der Waals surface area (Å²) in [5.41, 5.74) is 2.80. The Bertz CT molecular complexity index is 815. The zero-order valence-corrected chi connectivity index (χ0v) is 11.2. The highest BCUT2D eigenvalue weighted by molar-refractivity contribution is 6.36. The van der Waals surface area contributed by atoms with Crippen LogP contribution in [0.2, 0.25) is 10.0 Å². The van der Waals surface area contributed by atoms with Gasteiger partial charge in [-0.25, -0.2) is 9.83 Å². The minimum absolute atomic E-state index is 0.517. The summed E-state index contributed by atoms with van der Waals surface area (Å²) in [6.07, 6.45) is 5.37. The van der Waals surface area contributed by atoms with E-state index in [2.05, 4.69) is 9.83 Å². The van der Waals surface area contributed by atoms with Crippen LogP contribution in [-0.4, -0.2) is 9.38 Å². The predicted octanol–water partition coefficient (Wildman–Crippen LogP) is 4.86. The fraction of sp³-hybridized carbons (Fsp3) is 0. The zero-order valence-electron chi connectivity index (χ0n) is 9.64. The molecule has 0 unspecified atom stereocenters. The lowest BCUT2D eigenvalue weighted by molar-refractivity contribution is 1.19. The second kappa shape index (κ2) is 4.58. The van der Waals surface area contributed by atoms with Crippen molar-refractivity contribution in [1.29, 1.82) is 0 Å². The van der Waals surface area contributed by atoms with Gasteiger partial charge in [0, 0.05) is 34.2 Å². The number of nitrogens with zero attached hydrogens (tertiary/aromatic N) is 3. The molecule has 5 heteroatoms. The molecule has 19 heavy (non-hydrogen) atoms. The van der Waals surface area contributed by atoms with Crippen molar-refractivity contribution in [3.8, 4) is 11.1 Å². The average molecular weight is 288 g/mol. The summed E-state index contributed by atoms with van der Waals surface area (Å²) in [6.45, 7) is 7.29. The number of fused-ring (bicyclic) bond motifs is 1. The number of hydrogen-bond acceptors (Lipinski definition) is 1. The van der Waals surface area contributed by atoms with E-state index in [9.17, 15) is 0 Å². The molecule has 1 aromatic carbocycles. The minimum atomic E-state index is 0.517. The van der Waals surface area contributed by atoms with Gasteiger partial charge in [0.25, 0.3) is 0 Å². The maximum Gasteiger partial charge on any atom is 0.200 e. The van der Waals surface area contributed by atoms with Crippen LogP contribution in [0.15, 0.2) is 42.9 Å². The summed E-state index contributed by atoms with van der Waals surface area (Å²) in [6, 6.07) is 6.99. The van der Waals surface area contributed by atoms with Crippen molar-refractivity contribution < 1.29 is 0 Å². The Kier molecular flexibility index (Phi) is 2.90. The van der Waals surface area contributed by atoms with Gasteiger partial charge in [0.05, 0.1) is 6.57 Å². The number of pyridine rings is 1. The standard InChI is InChI=1S/C14H7Cl2N3/c1-17-13-7-14-18-4-5-19(14)8-11(13)10-3-2-9(15)6-12(10)16/h2-8H. The van der Waals surface area contributed by atoms with Crippen molar-refractivity contribution in [3.05, 3.63) is 64.3 Å². The first kappa shape index (κ1) is 12.0. The Morgan fingerprint density at radius 3 is 2.74 bits per heavy atom. The first-order chi connectivity index (χ1) is 9.19. The van der Waals surface area contributed by atoms with Crippen LogP contribution in [0.25, 0.3) is 21.6 Å². The molecule has 0 amide bonds. The molecule has 2 heterocycles. The molecule has 0 aliphatic heterocycles. The quantitative estimate of drug-likeness (QED) is 0.586. The van der Waals surface area contributed by atoms with E-state index < -0.39 is 0 Å². The molecule has 0 aliphatic carbocycles. The van der Waals surface area contributed by atoms with Gasteiger partial charge >= 0.3 is 0 Å². The Hall–Kier alpha value is -2.02. The molecule has 3 nitrogen and oxygen atoms in total. The molecular weight excluding hydrogens is 281 g/mol. The fourth-order valence-corrected chi connectivity index (χ4v) is 2.47. The molecule has 0 spiro atoms. The van der Waals surface area contributed by atoms with E-state index in [0.29, 0.717) is 15.7 Å². The van der Waals surface area contributed by atoms with E-state index in [4.69, 9.17) is 29.8 Å². The second-order valence-electron chi connectivity index (χ2n) is 4.00. The highest BCUT2D eigenvalue weighted by Gasteiger charge is 2.11. The van der Waals surface area contributed by atoms with Gasteiger partial charge in [-0.3, -0.25) is 0 Å². The SMILES string of the molecule is [C-]#[N+]c1cc2nccn2cc1-c1ccc(Cl)cc1Cl. The third-order valence-electron chi connectivity index (χ3n) is 2.85. The number of halogens is 2. The first-order valence-electron chi connectivity index (χ1n) is 5.48. The predicted molar refractivity (Wildman–Crippen MR) is 76.9 cm³/mol. The average Bonchev–Trinajstić information content (AvgIpc) is 2.84. The Labute approximate surface area is 119 Å². The van der Waals surface area contributed by atoms with Crippen molar-refractivity contribution in [2.45, 2.75) is 0 Å². The van der Waals surface area contributed by atoms with Gasteiger partial charge in [-0.05, 0) is 23.8 Å². The largest absolute Gasteiger partial charge is 0.309 e. The summed E-state index contributed by atoms with van der Waals surface area (Å²) >= 11 is 12.1. The van der Waals surface area contributed by atoms with Crippen molar-refractivity contribution in [2.75, 3.05) is 0 Å². The van der Waals surface area contributed by atoms with Crippen molar-refractivity contribution in [3.63, 3.8) is 0 Å². The van der Waals surface area contributed by atoms with E-state index in [1.807, 2.05) is 22.9 Å². The summed E-state index contributed by atoms with van der Waals surface area (Å²) < 4.78 is 1.86. The second-order valence-corrected chi connectivity index (χ2v) is 4.84. The molecular formula is C14H7Cl2N3. The van der Waals surface area contributed by atoms with Crippen molar-refractivity contribution in [1.82, 2.24) is 9.38 Å². The van der Waals surface area contributed by atoms with Gasteiger partial charge in [-0.15, -0.1) is 0 Å². The topological polar surface area (TPSA) is 21.7 Å². The monoisotopic (exact) mass is 287 g/mol. The van der Waals surface area contributed by atoms with Crippen molar-refractivity contribution >= 4 is 34.5 Å². The lowest BCUT2D eigenvalue weighted by Gasteiger charge is -2.08. The number of aromatic nitrogens is 2. The lowest BCUT2D eigenvalue weighted by Crippen LogP contribution is -1.87. The van der Waals surface area contributed by atoms with Gasteiger partial charge in [0.15, 0.2) is 5.69 Å². The van der Waals surface area contributed by atoms with E-state index in [0.717, 1.165) is 16.8 Å². The normalized spacial score (nSPS) is 10.6. The number of rotatable bonds is 1. The van der Waals surface area contributed by atoms with Crippen LogP contribution >= 0.6 is 23.2 Å². The number of hydrogen-bond donors (Lipinski definition) is 0. The lowest BCUT2D eigenvalue weighted by atomic mass is 10.1. The van der Waals surface area contributed by atoms with E-state index >= 15 is 0 Å². The smallest absolute Gasteiger partial charge is 0.200 e. The molecule has 0 radical (unpaired) electrons. The molecule has 0 atom stereocenters. The van der Waals surface area contributed by atoms with Crippen molar-refractivity contribution in [2.24, 2.45) is 0 Å². The van der Waals surface area contributed by atoms with Crippen LogP contribution in [0.3, 0.4) is 0 Å². The van der Waals surface area contributed by atoms with Crippen LogP contribution in [-0.2, 0) is 0 Å². The number of benzene rings is 1. The Morgan fingerprint density at radius 2 is 2.00 bits per heavy atom. The van der Waals surface area contributed by atoms with Crippen LogP contribution < -0.4 is 0 Å². The van der Waals surface area contributed by atoms with Gasteiger partial charge in [0.2, 0.25) is 0 Å². The van der Waals surface area contributed by atoms with Gasteiger partial charge < -0.3 is 4.40 Å².